The summed E-state index contributed by atoms with van der Waals surface area (Å²) < 4.78 is 13.2. The Balaban J connectivity index is 1.68. The maximum Gasteiger partial charge on any atom is 0.123 e. The van der Waals surface area contributed by atoms with Gasteiger partial charge in [-0.15, -0.1) is 0 Å². The number of benzene rings is 1. The van der Waals surface area contributed by atoms with E-state index >= 15 is 0 Å². The minimum Gasteiger partial charge on any atom is -0.311 e. The van der Waals surface area contributed by atoms with Crippen molar-refractivity contribution in [3.05, 3.63) is 35.6 Å². The van der Waals surface area contributed by atoms with Crippen molar-refractivity contribution in [2.75, 3.05) is 11.5 Å². The lowest BCUT2D eigenvalue weighted by molar-refractivity contribution is 0.267. The van der Waals surface area contributed by atoms with Gasteiger partial charge in [0.05, 0.1) is 0 Å². The zero-order chi connectivity index (χ0) is 13.7. The van der Waals surface area contributed by atoms with Gasteiger partial charge in [-0.1, -0.05) is 19.1 Å². The van der Waals surface area contributed by atoms with Gasteiger partial charge < -0.3 is 5.32 Å². The standard InChI is InChI=1S/C16H24FNS/c1-3-19-8-7-12(2)18-16-10-14(11-16)13-5-4-6-15(17)9-13/h4-6,9,12,14,16,18H,3,7-8,10-11H2,1-2H3. The SMILES string of the molecule is CCSCCC(C)NC1CC(c2cccc(F)c2)C1. The average Bonchev–Trinajstić information content (AvgIpc) is 2.33. The van der Waals surface area contributed by atoms with Crippen molar-refractivity contribution in [3.63, 3.8) is 0 Å². The van der Waals surface area contributed by atoms with Crippen LogP contribution < -0.4 is 5.32 Å². The Hall–Kier alpha value is -0.540. The van der Waals surface area contributed by atoms with Gasteiger partial charge in [-0.25, -0.2) is 4.39 Å². The molecule has 1 aliphatic rings. The summed E-state index contributed by atoms with van der Waals surface area (Å²) >= 11 is 2.01. The maximum absolute atomic E-state index is 13.2. The van der Waals surface area contributed by atoms with Crippen LogP contribution in [0.5, 0.6) is 0 Å². The molecule has 1 fully saturated rings. The van der Waals surface area contributed by atoms with Gasteiger partial charge in [0, 0.05) is 12.1 Å². The third-order valence-corrected chi connectivity index (χ3v) is 4.81. The van der Waals surface area contributed by atoms with Crippen LogP contribution in [0, 0.1) is 5.82 Å². The molecule has 1 saturated carbocycles. The Labute approximate surface area is 120 Å². The normalized spacial score (nSPS) is 23.9. The summed E-state index contributed by atoms with van der Waals surface area (Å²) in [6.45, 7) is 4.48. The molecule has 0 spiro atoms. The molecule has 1 aromatic rings. The van der Waals surface area contributed by atoms with E-state index in [1.807, 2.05) is 23.9 Å². The average molecular weight is 281 g/mol. The largest absolute Gasteiger partial charge is 0.311 e. The van der Waals surface area contributed by atoms with Crippen molar-refractivity contribution >= 4 is 11.8 Å². The van der Waals surface area contributed by atoms with Crippen molar-refractivity contribution in [2.24, 2.45) is 0 Å². The Morgan fingerprint density at radius 3 is 2.89 bits per heavy atom. The molecule has 0 bridgehead atoms. The second-order valence-electron chi connectivity index (χ2n) is 5.47. The summed E-state index contributed by atoms with van der Waals surface area (Å²) in [4.78, 5) is 0. The molecule has 106 valence electrons. The molecular formula is C16H24FNS. The summed E-state index contributed by atoms with van der Waals surface area (Å²) in [6.07, 6.45) is 3.53. The predicted octanol–water partition coefficient (Wildman–Crippen LogP) is 4.19. The van der Waals surface area contributed by atoms with Crippen LogP contribution in [0.2, 0.25) is 0 Å². The minimum absolute atomic E-state index is 0.112. The highest BCUT2D eigenvalue weighted by Gasteiger charge is 2.30. The monoisotopic (exact) mass is 281 g/mol. The summed E-state index contributed by atoms with van der Waals surface area (Å²) in [7, 11) is 0. The third-order valence-electron chi connectivity index (χ3n) is 3.88. The highest BCUT2D eigenvalue weighted by atomic mass is 32.2. The molecule has 19 heavy (non-hydrogen) atoms. The van der Waals surface area contributed by atoms with Crippen molar-refractivity contribution in [3.8, 4) is 0 Å². The second-order valence-corrected chi connectivity index (χ2v) is 6.87. The van der Waals surface area contributed by atoms with Crippen LogP contribution in [-0.2, 0) is 0 Å². The molecule has 1 N–H and O–H groups in total. The Morgan fingerprint density at radius 2 is 2.21 bits per heavy atom. The summed E-state index contributed by atoms with van der Waals surface area (Å²) in [6, 6.07) is 8.28. The highest BCUT2D eigenvalue weighted by Crippen LogP contribution is 2.37. The lowest BCUT2D eigenvalue weighted by Gasteiger charge is -2.38. The smallest absolute Gasteiger partial charge is 0.123 e. The van der Waals surface area contributed by atoms with Crippen LogP contribution in [0.15, 0.2) is 24.3 Å². The first kappa shape index (κ1) is 14.9. The molecule has 2 rings (SSSR count). The lowest BCUT2D eigenvalue weighted by Crippen LogP contribution is -2.44. The van der Waals surface area contributed by atoms with E-state index in [1.54, 1.807) is 6.07 Å². The molecule has 1 aliphatic carbocycles. The van der Waals surface area contributed by atoms with E-state index in [-0.39, 0.29) is 5.82 Å². The van der Waals surface area contributed by atoms with E-state index < -0.39 is 0 Å². The molecular weight excluding hydrogens is 257 g/mol. The Kier molecular flexibility index (Phi) is 5.71. The van der Waals surface area contributed by atoms with Crippen LogP contribution >= 0.6 is 11.8 Å². The Morgan fingerprint density at radius 1 is 1.42 bits per heavy atom. The molecule has 0 aliphatic heterocycles. The summed E-state index contributed by atoms with van der Waals surface area (Å²) in [5, 5.41) is 3.68. The quantitative estimate of drug-likeness (QED) is 0.752. The summed E-state index contributed by atoms with van der Waals surface area (Å²) in [5.74, 6) is 2.88. The van der Waals surface area contributed by atoms with Crippen molar-refractivity contribution in [2.45, 2.75) is 51.1 Å². The maximum atomic E-state index is 13.2. The number of hydrogen-bond donors (Lipinski definition) is 1. The molecule has 0 amide bonds. The van der Waals surface area contributed by atoms with E-state index in [0.717, 1.165) is 18.4 Å². The van der Waals surface area contributed by atoms with E-state index in [1.165, 1.54) is 24.0 Å². The molecule has 1 nitrogen and oxygen atoms in total. The van der Waals surface area contributed by atoms with Crippen LogP contribution in [0.1, 0.15) is 44.6 Å². The van der Waals surface area contributed by atoms with Crippen LogP contribution in [0.25, 0.3) is 0 Å². The molecule has 0 aromatic heterocycles. The van der Waals surface area contributed by atoms with Crippen LogP contribution in [-0.4, -0.2) is 23.6 Å². The fraction of sp³-hybridized carbons (Fsp3) is 0.625. The Bertz CT molecular complexity index is 390. The van der Waals surface area contributed by atoms with E-state index in [9.17, 15) is 4.39 Å². The van der Waals surface area contributed by atoms with E-state index in [0.29, 0.717) is 18.0 Å². The lowest BCUT2D eigenvalue weighted by atomic mass is 9.75. The number of halogens is 1. The number of hydrogen-bond acceptors (Lipinski definition) is 2. The first-order chi connectivity index (χ1) is 9.19. The highest BCUT2D eigenvalue weighted by molar-refractivity contribution is 7.99. The fourth-order valence-electron chi connectivity index (χ4n) is 2.68. The van der Waals surface area contributed by atoms with Gasteiger partial charge >= 0.3 is 0 Å². The van der Waals surface area contributed by atoms with Gasteiger partial charge in [-0.2, -0.15) is 11.8 Å². The van der Waals surface area contributed by atoms with E-state index in [2.05, 4.69) is 19.2 Å². The van der Waals surface area contributed by atoms with Gasteiger partial charge in [0.15, 0.2) is 0 Å². The first-order valence-corrected chi connectivity index (χ1v) is 8.43. The topological polar surface area (TPSA) is 12.0 Å². The second kappa shape index (κ2) is 7.30. The van der Waals surface area contributed by atoms with Crippen molar-refractivity contribution < 1.29 is 4.39 Å². The van der Waals surface area contributed by atoms with Crippen molar-refractivity contribution in [1.82, 2.24) is 5.32 Å². The van der Waals surface area contributed by atoms with Gasteiger partial charge in [0.25, 0.3) is 0 Å². The molecule has 1 atom stereocenters. The predicted molar refractivity (Wildman–Crippen MR) is 82.4 cm³/mol. The number of rotatable bonds is 7. The zero-order valence-electron chi connectivity index (χ0n) is 11.9. The zero-order valence-corrected chi connectivity index (χ0v) is 12.7. The fourth-order valence-corrected chi connectivity index (χ4v) is 3.49. The molecule has 1 aromatic carbocycles. The molecule has 1 unspecified atom stereocenters. The van der Waals surface area contributed by atoms with Crippen molar-refractivity contribution in [1.29, 1.82) is 0 Å². The molecule has 0 heterocycles. The van der Waals surface area contributed by atoms with E-state index in [4.69, 9.17) is 0 Å². The van der Waals surface area contributed by atoms with Gasteiger partial charge in [-0.3, -0.25) is 0 Å². The first-order valence-electron chi connectivity index (χ1n) is 7.28. The molecule has 0 saturated heterocycles. The summed E-state index contributed by atoms with van der Waals surface area (Å²) in [5.41, 5.74) is 1.16. The van der Waals surface area contributed by atoms with Gasteiger partial charge in [0.1, 0.15) is 5.82 Å². The minimum atomic E-state index is -0.112. The third kappa shape index (κ3) is 4.50. The number of nitrogens with one attached hydrogen (secondary N) is 1. The van der Waals surface area contributed by atoms with Gasteiger partial charge in [-0.05, 0) is 61.3 Å². The van der Waals surface area contributed by atoms with Crippen LogP contribution in [0.4, 0.5) is 4.39 Å². The number of thioether (sulfide) groups is 1. The van der Waals surface area contributed by atoms with Crippen LogP contribution in [0.3, 0.4) is 0 Å². The molecule has 3 heteroatoms. The van der Waals surface area contributed by atoms with Gasteiger partial charge in [0.2, 0.25) is 0 Å². The molecule has 0 radical (unpaired) electrons.